The van der Waals surface area contributed by atoms with E-state index in [-0.39, 0.29) is 35.8 Å². The van der Waals surface area contributed by atoms with Gasteiger partial charge in [0.05, 0.1) is 11.4 Å². The molecule has 1 fully saturated rings. The highest BCUT2D eigenvalue weighted by Crippen LogP contribution is 2.20. The van der Waals surface area contributed by atoms with E-state index in [1.807, 2.05) is 0 Å². The van der Waals surface area contributed by atoms with Crippen LogP contribution in [-0.2, 0) is 14.8 Å². The first kappa shape index (κ1) is 20.9. The Morgan fingerprint density at radius 1 is 1.33 bits per heavy atom. The maximum Gasteiger partial charge on any atom is 0.240 e. The average molecular weight is 377 g/mol. The van der Waals surface area contributed by atoms with Crippen LogP contribution in [0.25, 0.3) is 0 Å². The van der Waals surface area contributed by atoms with Crippen molar-refractivity contribution >= 4 is 34.0 Å². The highest BCUT2D eigenvalue weighted by atomic mass is 35.5. The molecule has 0 saturated carbocycles. The first-order chi connectivity index (χ1) is 10.8. The number of halogens is 1. The van der Waals surface area contributed by atoms with Crippen LogP contribution in [-0.4, -0.2) is 51.9 Å². The topological polar surface area (TPSA) is 105 Å². The second kappa shape index (κ2) is 8.77. The first-order valence-electron chi connectivity index (χ1n) is 7.64. The number of aryl methyl sites for hydroxylation is 1. The molecule has 136 valence electrons. The Labute approximate surface area is 149 Å². The van der Waals surface area contributed by atoms with Crippen molar-refractivity contribution in [3.8, 4) is 0 Å². The number of amides is 1. The fraction of sp³-hybridized carbons (Fsp3) is 0.533. The number of benzene rings is 1. The lowest BCUT2D eigenvalue weighted by atomic mass is 10.1. The van der Waals surface area contributed by atoms with Crippen LogP contribution in [0, 0.1) is 6.92 Å². The summed E-state index contributed by atoms with van der Waals surface area (Å²) in [6, 6.07) is 5.08. The zero-order chi connectivity index (χ0) is 17.0. The summed E-state index contributed by atoms with van der Waals surface area (Å²) < 4.78 is 26.2. The van der Waals surface area contributed by atoms with E-state index in [0.29, 0.717) is 11.3 Å². The standard InChI is InChI=1S/C15H24N4O3S.ClH/c1-11-3-4-13(9-14(11)23(21,22)17-2)18-15(20)10-19-7-5-12(16)6-8-19;/h3-4,9,12,17H,5-8,10,16H2,1-2H3,(H,18,20);1H. The first-order valence-corrected chi connectivity index (χ1v) is 9.12. The van der Waals surface area contributed by atoms with E-state index in [2.05, 4.69) is 14.9 Å². The Hall–Kier alpha value is -1.19. The van der Waals surface area contributed by atoms with Gasteiger partial charge in [0.2, 0.25) is 15.9 Å². The van der Waals surface area contributed by atoms with Crippen LogP contribution in [0.4, 0.5) is 5.69 Å². The third-order valence-corrected chi connectivity index (χ3v) is 5.59. The molecule has 0 aliphatic carbocycles. The van der Waals surface area contributed by atoms with E-state index in [0.717, 1.165) is 25.9 Å². The molecular formula is C15H25ClN4O3S. The van der Waals surface area contributed by atoms with Crippen LogP contribution in [0.2, 0.25) is 0 Å². The zero-order valence-electron chi connectivity index (χ0n) is 13.9. The molecule has 1 saturated heterocycles. The normalized spacial score (nSPS) is 16.5. The minimum atomic E-state index is -3.55. The fourth-order valence-electron chi connectivity index (χ4n) is 2.59. The molecule has 1 aliphatic heterocycles. The van der Waals surface area contributed by atoms with Gasteiger partial charge in [-0.25, -0.2) is 13.1 Å². The second-order valence-corrected chi connectivity index (χ2v) is 7.70. The molecule has 1 aromatic rings. The Kier molecular flexibility index (Phi) is 7.62. The van der Waals surface area contributed by atoms with E-state index in [9.17, 15) is 13.2 Å². The Bertz CT molecular complexity index is 673. The Morgan fingerprint density at radius 3 is 2.54 bits per heavy atom. The highest BCUT2D eigenvalue weighted by Gasteiger charge is 2.19. The van der Waals surface area contributed by atoms with Crippen molar-refractivity contribution in [2.75, 3.05) is 32.0 Å². The third-order valence-electron chi connectivity index (χ3n) is 4.03. The summed E-state index contributed by atoms with van der Waals surface area (Å²) in [5.74, 6) is -0.155. The molecule has 0 spiro atoms. The van der Waals surface area contributed by atoms with Crippen molar-refractivity contribution in [1.29, 1.82) is 0 Å². The molecule has 1 aromatic carbocycles. The van der Waals surface area contributed by atoms with Gasteiger partial charge in [-0.05, 0) is 44.5 Å². The van der Waals surface area contributed by atoms with Crippen LogP contribution in [0.15, 0.2) is 23.1 Å². The minimum absolute atomic E-state index is 0. The zero-order valence-corrected chi connectivity index (χ0v) is 15.5. The van der Waals surface area contributed by atoms with E-state index >= 15 is 0 Å². The highest BCUT2D eigenvalue weighted by molar-refractivity contribution is 7.89. The van der Waals surface area contributed by atoms with Crippen molar-refractivity contribution < 1.29 is 13.2 Å². The number of anilines is 1. The molecule has 7 nitrogen and oxygen atoms in total. The average Bonchev–Trinajstić information content (AvgIpc) is 2.51. The molecule has 4 N–H and O–H groups in total. The summed E-state index contributed by atoms with van der Waals surface area (Å²) in [7, 11) is -2.18. The van der Waals surface area contributed by atoms with Gasteiger partial charge in [0.25, 0.3) is 0 Å². The summed E-state index contributed by atoms with van der Waals surface area (Å²) in [4.78, 5) is 14.4. The second-order valence-electron chi connectivity index (χ2n) is 5.85. The number of sulfonamides is 1. The molecular weight excluding hydrogens is 352 g/mol. The molecule has 0 atom stereocenters. The Morgan fingerprint density at radius 2 is 1.96 bits per heavy atom. The lowest BCUT2D eigenvalue weighted by Crippen LogP contribution is -2.43. The summed E-state index contributed by atoms with van der Waals surface area (Å²) >= 11 is 0. The predicted molar refractivity (Wildman–Crippen MR) is 97.0 cm³/mol. The van der Waals surface area contributed by atoms with Crippen molar-refractivity contribution in [3.63, 3.8) is 0 Å². The molecule has 24 heavy (non-hydrogen) atoms. The van der Waals surface area contributed by atoms with Gasteiger partial charge < -0.3 is 11.1 Å². The van der Waals surface area contributed by atoms with Gasteiger partial charge in [-0.2, -0.15) is 0 Å². The number of likely N-dealkylation sites (tertiary alicyclic amines) is 1. The fourth-order valence-corrected chi connectivity index (χ4v) is 3.59. The van der Waals surface area contributed by atoms with Crippen molar-refractivity contribution in [3.05, 3.63) is 23.8 Å². The summed E-state index contributed by atoms with van der Waals surface area (Å²) in [5, 5.41) is 2.76. The van der Waals surface area contributed by atoms with Crippen molar-refractivity contribution in [2.45, 2.75) is 30.7 Å². The minimum Gasteiger partial charge on any atom is -0.328 e. The number of nitrogens with one attached hydrogen (secondary N) is 2. The van der Waals surface area contributed by atoms with Gasteiger partial charge in [-0.3, -0.25) is 9.69 Å². The van der Waals surface area contributed by atoms with Crippen LogP contribution in [0.5, 0.6) is 0 Å². The molecule has 0 radical (unpaired) electrons. The van der Waals surface area contributed by atoms with Crippen LogP contribution in [0.1, 0.15) is 18.4 Å². The van der Waals surface area contributed by atoms with Crippen LogP contribution >= 0.6 is 12.4 Å². The van der Waals surface area contributed by atoms with Gasteiger partial charge in [-0.1, -0.05) is 6.07 Å². The number of carbonyl (C=O) groups is 1. The molecule has 0 bridgehead atoms. The van der Waals surface area contributed by atoms with Gasteiger partial charge in [0, 0.05) is 24.8 Å². The number of hydrogen-bond donors (Lipinski definition) is 3. The van der Waals surface area contributed by atoms with Gasteiger partial charge in [-0.15, -0.1) is 12.4 Å². The van der Waals surface area contributed by atoms with E-state index in [4.69, 9.17) is 5.73 Å². The number of carbonyl (C=O) groups excluding carboxylic acids is 1. The molecule has 1 heterocycles. The van der Waals surface area contributed by atoms with Gasteiger partial charge >= 0.3 is 0 Å². The maximum absolute atomic E-state index is 12.1. The largest absolute Gasteiger partial charge is 0.328 e. The van der Waals surface area contributed by atoms with E-state index in [1.165, 1.54) is 13.1 Å². The molecule has 1 aliphatic rings. The number of piperidine rings is 1. The van der Waals surface area contributed by atoms with Crippen molar-refractivity contribution in [2.24, 2.45) is 5.73 Å². The summed E-state index contributed by atoms with van der Waals surface area (Å²) in [6.45, 7) is 3.62. The smallest absolute Gasteiger partial charge is 0.240 e. The predicted octanol–water partition coefficient (Wildman–Crippen LogP) is 0.687. The molecule has 2 rings (SSSR count). The number of nitrogens with zero attached hydrogens (tertiary/aromatic N) is 1. The quantitative estimate of drug-likeness (QED) is 0.701. The molecule has 1 amide bonds. The van der Waals surface area contributed by atoms with E-state index in [1.54, 1.807) is 19.1 Å². The molecule has 9 heteroatoms. The molecule has 0 aromatic heterocycles. The third kappa shape index (κ3) is 5.42. The monoisotopic (exact) mass is 376 g/mol. The number of hydrogen-bond acceptors (Lipinski definition) is 5. The SMILES string of the molecule is CNS(=O)(=O)c1cc(NC(=O)CN2CCC(N)CC2)ccc1C.Cl. The Balaban J connectivity index is 0.00000288. The van der Waals surface area contributed by atoms with E-state index < -0.39 is 10.0 Å². The maximum atomic E-state index is 12.1. The molecule has 0 unspecified atom stereocenters. The number of rotatable bonds is 5. The van der Waals surface area contributed by atoms with Crippen LogP contribution in [0.3, 0.4) is 0 Å². The summed E-state index contributed by atoms with van der Waals surface area (Å²) in [6.07, 6.45) is 1.78. The van der Waals surface area contributed by atoms with Crippen molar-refractivity contribution in [1.82, 2.24) is 9.62 Å². The van der Waals surface area contributed by atoms with Gasteiger partial charge in [0.1, 0.15) is 0 Å². The number of nitrogens with two attached hydrogens (primary N) is 1. The lowest BCUT2D eigenvalue weighted by Gasteiger charge is -2.29. The summed E-state index contributed by atoms with van der Waals surface area (Å²) in [5.41, 5.74) is 6.95. The van der Waals surface area contributed by atoms with Gasteiger partial charge in [0.15, 0.2) is 0 Å². The lowest BCUT2D eigenvalue weighted by molar-refractivity contribution is -0.117. The van der Waals surface area contributed by atoms with Crippen LogP contribution < -0.4 is 15.8 Å².